The highest BCUT2D eigenvalue weighted by molar-refractivity contribution is 5.99. The first-order chi connectivity index (χ1) is 12.5. The number of carbonyl (C=O) groups excluding carboxylic acids is 1. The fourth-order valence-corrected chi connectivity index (χ4v) is 3.75. The number of aromatic amines is 1. The maximum Gasteiger partial charge on any atom is 0.337 e. The lowest BCUT2D eigenvalue weighted by atomic mass is 9.99. The number of carbonyl (C=O) groups is 2. The van der Waals surface area contributed by atoms with Crippen LogP contribution in [0.1, 0.15) is 50.0 Å². The van der Waals surface area contributed by atoms with Gasteiger partial charge in [0.25, 0.3) is 5.91 Å². The number of aryl methyl sites for hydroxylation is 1. The molecule has 1 aliphatic rings. The van der Waals surface area contributed by atoms with E-state index >= 15 is 0 Å². The molecule has 1 fully saturated rings. The first-order valence-corrected chi connectivity index (χ1v) is 8.95. The van der Waals surface area contributed by atoms with Crippen LogP contribution in [0.15, 0.2) is 30.3 Å². The summed E-state index contributed by atoms with van der Waals surface area (Å²) in [6, 6.07) is 10.5. The highest BCUT2D eigenvalue weighted by atomic mass is 16.4. The SMILES string of the molecule is Cc1[nH]c(C(=O)NCCN2CCC(c3ccccc3)C2)c(C)c1C(=O)O. The summed E-state index contributed by atoms with van der Waals surface area (Å²) in [5.74, 6) is -0.713. The van der Waals surface area contributed by atoms with Gasteiger partial charge < -0.3 is 20.3 Å². The molecule has 0 aliphatic carbocycles. The van der Waals surface area contributed by atoms with Gasteiger partial charge in [-0.1, -0.05) is 30.3 Å². The molecule has 0 spiro atoms. The second-order valence-electron chi connectivity index (χ2n) is 6.88. The summed E-state index contributed by atoms with van der Waals surface area (Å²) in [4.78, 5) is 28.9. The first kappa shape index (κ1) is 18.2. The lowest BCUT2D eigenvalue weighted by Crippen LogP contribution is -2.34. The Morgan fingerprint density at radius 2 is 2.00 bits per heavy atom. The van der Waals surface area contributed by atoms with E-state index in [9.17, 15) is 14.7 Å². The number of hydrogen-bond donors (Lipinski definition) is 3. The van der Waals surface area contributed by atoms with Crippen molar-refractivity contribution in [1.29, 1.82) is 0 Å². The molecule has 2 aromatic rings. The number of nitrogens with one attached hydrogen (secondary N) is 2. The number of aromatic carboxylic acids is 1. The van der Waals surface area contributed by atoms with Crippen molar-refractivity contribution in [3.8, 4) is 0 Å². The lowest BCUT2D eigenvalue weighted by molar-refractivity contribution is 0.0695. The molecule has 0 bridgehead atoms. The summed E-state index contributed by atoms with van der Waals surface area (Å²) in [5.41, 5.74) is 2.88. The zero-order valence-corrected chi connectivity index (χ0v) is 15.2. The number of carboxylic acids is 1. The summed E-state index contributed by atoms with van der Waals surface area (Å²) in [5, 5.41) is 12.1. The third-order valence-electron chi connectivity index (χ3n) is 5.14. The maximum atomic E-state index is 12.4. The van der Waals surface area contributed by atoms with Gasteiger partial charge in [0.2, 0.25) is 0 Å². The fourth-order valence-electron chi connectivity index (χ4n) is 3.75. The van der Waals surface area contributed by atoms with E-state index in [0.29, 0.717) is 29.4 Å². The number of H-pyrrole nitrogens is 1. The second kappa shape index (κ2) is 7.74. The van der Waals surface area contributed by atoms with Crippen LogP contribution < -0.4 is 5.32 Å². The zero-order valence-electron chi connectivity index (χ0n) is 15.2. The van der Waals surface area contributed by atoms with E-state index in [0.717, 1.165) is 26.1 Å². The second-order valence-corrected chi connectivity index (χ2v) is 6.88. The maximum absolute atomic E-state index is 12.4. The van der Waals surface area contributed by atoms with Gasteiger partial charge in [0.15, 0.2) is 0 Å². The number of aromatic nitrogens is 1. The molecule has 0 radical (unpaired) electrons. The number of hydrogen-bond acceptors (Lipinski definition) is 3. The molecule has 138 valence electrons. The van der Waals surface area contributed by atoms with Crippen molar-refractivity contribution in [2.24, 2.45) is 0 Å². The summed E-state index contributed by atoms with van der Waals surface area (Å²) in [6.07, 6.45) is 1.13. The highest BCUT2D eigenvalue weighted by Crippen LogP contribution is 2.26. The van der Waals surface area contributed by atoms with Gasteiger partial charge in [0.1, 0.15) is 5.69 Å². The molecule has 1 aromatic heterocycles. The Balaban J connectivity index is 1.51. The molecule has 3 N–H and O–H groups in total. The number of benzene rings is 1. The number of likely N-dealkylation sites (tertiary alicyclic amines) is 1. The van der Waals surface area contributed by atoms with Crippen LogP contribution in [0.3, 0.4) is 0 Å². The topological polar surface area (TPSA) is 85.4 Å². The molecule has 1 aliphatic heterocycles. The number of carboxylic acid groups (broad SMARTS) is 1. The van der Waals surface area contributed by atoms with Gasteiger partial charge in [-0.3, -0.25) is 4.79 Å². The molecule has 6 heteroatoms. The molecule has 2 heterocycles. The summed E-state index contributed by atoms with van der Waals surface area (Å²) in [7, 11) is 0. The predicted molar refractivity (Wildman–Crippen MR) is 99.8 cm³/mol. The van der Waals surface area contributed by atoms with Crippen molar-refractivity contribution in [1.82, 2.24) is 15.2 Å². The molecule has 1 aromatic carbocycles. The Hall–Kier alpha value is -2.60. The van der Waals surface area contributed by atoms with E-state index in [1.165, 1.54) is 5.56 Å². The minimum atomic E-state index is -1.01. The number of rotatable bonds is 6. The third-order valence-corrected chi connectivity index (χ3v) is 5.14. The molecule has 0 saturated carbocycles. The van der Waals surface area contributed by atoms with E-state index in [2.05, 4.69) is 39.5 Å². The average Bonchev–Trinajstić information content (AvgIpc) is 3.20. The van der Waals surface area contributed by atoms with Crippen LogP contribution in [0, 0.1) is 13.8 Å². The Labute approximate surface area is 153 Å². The van der Waals surface area contributed by atoms with Gasteiger partial charge in [-0.25, -0.2) is 4.79 Å². The van der Waals surface area contributed by atoms with E-state index in [4.69, 9.17) is 0 Å². The Bertz CT molecular complexity index is 798. The molecular formula is C20H25N3O3. The van der Waals surface area contributed by atoms with E-state index in [1.807, 2.05) is 6.07 Å². The molecule has 3 rings (SSSR count). The minimum Gasteiger partial charge on any atom is -0.478 e. The first-order valence-electron chi connectivity index (χ1n) is 8.95. The Morgan fingerprint density at radius 3 is 2.65 bits per heavy atom. The fraction of sp³-hybridized carbons (Fsp3) is 0.400. The molecule has 1 amide bonds. The van der Waals surface area contributed by atoms with Crippen LogP contribution in [-0.4, -0.2) is 53.0 Å². The summed E-state index contributed by atoms with van der Waals surface area (Å²) < 4.78 is 0. The van der Waals surface area contributed by atoms with Crippen molar-refractivity contribution < 1.29 is 14.7 Å². The minimum absolute atomic E-state index is 0.181. The Kier molecular flexibility index (Phi) is 5.42. The van der Waals surface area contributed by atoms with Crippen LogP contribution in [-0.2, 0) is 0 Å². The average molecular weight is 355 g/mol. The summed E-state index contributed by atoms with van der Waals surface area (Å²) in [6.45, 7) is 6.69. The predicted octanol–water partition coefficient (Wildman–Crippen LogP) is 2.55. The number of nitrogens with zero attached hydrogens (tertiary/aromatic N) is 1. The van der Waals surface area contributed by atoms with Crippen molar-refractivity contribution in [3.05, 3.63) is 58.4 Å². The van der Waals surface area contributed by atoms with Crippen LogP contribution in [0.2, 0.25) is 0 Å². The molecule has 1 atom stereocenters. The van der Waals surface area contributed by atoms with Crippen molar-refractivity contribution in [2.75, 3.05) is 26.2 Å². The summed E-state index contributed by atoms with van der Waals surface area (Å²) >= 11 is 0. The van der Waals surface area contributed by atoms with Crippen LogP contribution >= 0.6 is 0 Å². The lowest BCUT2D eigenvalue weighted by Gasteiger charge is -2.16. The van der Waals surface area contributed by atoms with E-state index in [1.54, 1.807) is 13.8 Å². The van der Waals surface area contributed by atoms with Crippen LogP contribution in [0.4, 0.5) is 0 Å². The van der Waals surface area contributed by atoms with Crippen molar-refractivity contribution in [2.45, 2.75) is 26.2 Å². The zero-order chi connectivity index (χ0) is 18.7. The molecule has 1 saturated heterocycles. The molecule has 6 nitrogen and oxygen atoms in total. The van der Waals surface area contributed by atoms with Crippen molar-refractivity contribution in [3.63, 3.8) is 0 Å². The monoisotopic (exact) mass is 355 g/mol. The van der Waals surface area contributed by atoms with Crippen LogP contribution in [0.5, 0.6) is 0 Å². The van der Waals surface area contributed by atoms with Gasteiger partial charge in [0.05, 0.1) is 5.56 Å². The van der Waals surface area contributed by atoms with E-state index in [-0.39, 0.29) is 11.5 Å². The Morgan fingerprint density at radius 1 is 1.27 bits per heavy atom. The van der Waals surface area contributed by atoms with Gasteiger partial charge >= 0.3 is 5.97 Å². The molecule has 26 heavy (non-hydrogen) atoms. The van der Waals surface area contributed by atoms with Crippen molar-refractivity contribution >= 4 is 11.9 Å². The highest BCUT2D eigenvalue weighted by Gasteiger charge is 2.24. The van der Waals surface area contributed by atoms with Crippen LogP contribution in [0.25, 0.3) is 0 Å². The molecular weight excluding hydrogens is 330 g/mol. The number of amides is 1. The third kappa shape index (κ3) is 3.80. The quantitative estimate of drug-likeness (QED) is 0.743. The normalized spacial score (nSPS) is 17.4. The largest absolute Gasteiger partial charge is 0.478 e. The van der Waals surface area contributed by atoms with Gasteiger partial charge in [-0.05, 0) is 43.9 Å². The van der Waals surface area contributed by atoms with Gasteiger partial charge in [0, 0.05) is 25.3 Å². The van der Waals surface area contributed by atoms with E-state index < -0.39 is 5.97 Å². The smallest absolute Gasteiger partial charge is 0.337 e. The standard InChI is InChI=1S/C20H25N3O3/c1-13-17(20(25)26)14(2)22-18(13)19(24)21-9-11-23-10-8-16(12-23)15-6-4-3-5-7-15/h3-7,16,22H,8-12H2,1-2H3,(H,21,24)(H,25,26). The van der Waals surface area contributed by atoms with Gasteiger partial charge in [-0.2, -0.15) is 0 Å². The van der Waals surface area contributed by atoms with Gasteiger partial charge in [-0.15, -0.1) is 0 Å². The molecule has 1 unspecified atom stereocenters.